The van der Waals surface area contributed by atoms with Gasteiger partial charge in [0.05, 0.1) is 19.6 Å². The molecule has 1 heterocycles. The summed E-state index contributed by atoms with van der Waals surface area (Å²) in [7, 11) is 0. The fourth-order valence-electron chi connectivity index (χ4n) is 1.86. The molecule has 1 saturated heterocycles. The molecule has 4 nitrogen and oxygen atoms in total. The van der Waals surface area contributed by atoms with Crippen LogP contribution in [0.4, 0.5) is 13.2 Å². The lowest BCUT2D eigenvalue weighted by molar-refractivity contribution is -0.231. The number of esters is 1. The third kappa shape index (κ3) is 5.78. The molecule has 1 aliphatic heterocycles. The van der Waals surface area contributed by atoms with E-state index in [1.54, 1.807) is 0 Å². The summed E-state index contributed by atoms with van der Waals surface area (Å²) in [5, 5.41) is 0. The number of halogens is 3. The van der Waals surface area contributed by atoms with Gasteiger partial charge in [0.1, 0.15) is 0 Å². The highest BCUT2D eigenvalue weighted by molar-refractivity contribution is 5.69. The van der Waals surface area contributed by atoms with Crippen molar-refractivity contribution in [3.05, 3.63) is 0 Å². The van der Waals surface area contributed by atoms with Gasteiger partial charge in [-0.1, -0.05) is 13.8 Å². The van der Waals surface area contributed by atoms with Gasteiger partial charge in [0.2, 0.25) is 0 Å². The summed E-state index contributed by atoms with van der Waals surface area (Å²) < 4.78 is 47.6. The van der Waals surface area contributed by atoms with E-state index in [2.05, 4.69) is 4.74 Å². The predicted octanol–water partition coefficient (Wildman–Crippen LogP) is 1.84. The van der Waals surface area contributed by atoms with Gasteiger partial charge in [-0.15, -0.1) is 0 Å². The Bertz CT molecular complexity index is 288. The van der Waals surface area contributed by atoms with Crippen molar-refractivity contribution >= 4 is 5.97 Å². The molecule has 112 valence electrons. The summed E-state index contributed by atoms with van der Waals surface area (Å²) in [5.74, 6) is -1.59. The maximum atomic E-state index is 12.6. The Morgan fingerprint density at radius 1 is 1.32 bits per heavy atom. The van der Waals surface area contributed by atoms with Crippen LogP contribution in [-0.4, -0.2) is 56.0 Å². The van der Waals surface area contributed by atoms with E-state index in [9.17, 15) is 18.0 Å². The van der Waals surface area contributed by atoms with Crippen LogP contribution in [0.5, 0.6) is 0 Å². The summed E-state index contributed by atoms with van der Waals surface area (Å²) in [6.45, 7) is 5.74. The van der Waals surface area contributed by atoms with E-state index in [1.807, 2.05) is 4.90 Å². The third-order valence-electron chi connectivity index (χ3n) is 2.92. The molecule has 1 unspecified atom stereocenters. The highest BCUT2D eigenvalue weighted by Crippen LogP contribution is 2.28. The maximum absolute atomic E-state index is 12.6. The molecule has 1 fully saturated rings. The zero-order valence-electron chi connectivity index (χ0n) is 11.2. The van der Waals surface area contributed by atoms with E-state index in [0.29, 0.717) is 32.8 Å². The normalized spacial score (nSPS) is 19.5. The molecule has 1 aliphatic rings. The molecule has 0 bridgehead atoms. The van der Waals surface area contributed by atoms with Gasteiger partial charge in [-0.2, -0.15) is 13.2 Å². The van der Waals surface area contributed by atoms with Crippen LogP contribution in [0, 0.1) is 5.92 Å². The maximum Gasteiger partial charge on any atom is 0.425 e. The van der Waals surface area contributed by atoms with Gasteiger partial charge < -0.3 is 9.47 Å². The summed E-state index contributed by atoms with van der Waals surface area (Å²) >= 11 is 0. The minimum Gasteiger partial charge on any atom is -0.452 e. The lowest BCUT2D eigenvalue weighted by Crippen LogP contribution is -2.40. The van der Waals surface area contributed by atoms with Crippen LogP contribution >= 0.6 is 0 Å². The van der Waals surface area contributed by atoms with Crippen molar-refractivity contribution in [2.45, 2.75) is 32.5 Å². The largest absolute Gasteiger partial charge is 0.452 e. The van der Waals surface area contributed by atoms with Crippen molar-refractivity contribution in [3.8, 4) is 0 Å². The Balaban J connectivity index is 2.36. The highest BCUT2D eigenvalue weighted by atomic mass is 19.4. The molecule has 1 rings (SSSR count). The molecule has 0 amide bonds. The highest BCUT2D eigenvalue weighted by Gasteiger charge is 2.44. The fourth-order valence-corrected chi connectivity index (χ4v) is 1.86. The van der Waals surface area contributed by atoms with Gasteiger partial charge in [0.15, 0.2) is 6.10 Å². The summed E-state index contributed by atoms with van der Waals surface area (Å²) in [4.78, 5) is 13.4. The molecule has 0 aromatic carbocycles. The van der Waals surface area contributed by atoms with Gasteiger partial charge in [-0.3, -0.25) is 9.69 Å². The van der Waals surface area contributed by atoms with Crippen molar-refractivity contribution in [2.75, 3.05) is 32.8 Å². The minimum absolute atomic E-state index is 0.0285. The van der Waals surface area contributed by atoms with Crippen LogP contribution in [0.3, 0.4) is 0 Å². The average molecular weight is 283 g/mol. The van der Waals surface area contributed by atoms with Crippen molar-refractivity contribution in [1.82, 2.24) is 4.90 Å². The summed E-state index contributed by atoms with van der Waals surface area (Å²) in [6, 6.07) is 0. The van der Waals surface area contributed by atoms with E-state index < -0.39 is 24.2 Å². The number of alkyl halides is 3. The molecule has 0 aromatic rings. The molecular weight excluding hydrogens is 263 g/mol. The number of morpholine rings is 1. The first-order chi connectivity index (χ1) is 8.80. The average Bonchev–Trinajstić information content (AvgIpc) is 2.33. The topological polar surface area (TPSA) is 38.8 Å². The van der Waals surface area contributed by atoms with Crippen molar-refractivity contribution in [3.63, 3.8) is 0 Å². The Hall–Kier alpha value is -0.820. The number of hydrogen-bond donors (Lipinski definition) is 0. The van der Waals surface area contributed by atoms with Crippen molar-refractivity contribution in [1.29, 1.82) is 0 Å². The lowest BCUT2D eigenvalue weighted by atomic mass is 10.1. The fraction of sp³-hybridized carbons (Fsp3) is 0.917. The SMILES string of the molecule is CC(C)C(OC(=O)CCN1CCOCC1)C(F)(F)F. The molecular formula is C12H20F3NO3. The quantitative estimate of drug-likeness (QED) is 0.722. The molecule has 0 saturated carbocycles. The van der Waals surface area contributed by atoms with E-state index in [4.69, 9.17) is 4.74 Å². The molecule has 19 heavy (non-hydrogen) atoms. The zero-order valence-corrected chi connectivity index (χ0v) is 11.2. The number of ether oxygens (including phenoxy) is 2. The molecule has 0 aliphatic carbocycles. The Labute approximate surface area is 110 Å². The molecule has 0 aromatic heterocycles. The van der Waals surface area contributed by atoms with E-state index in [0.717, 1.165) is 0 Å². The smallest absolute Gasteiger partial charge is 0.425 e. The van der Waals surface area contributed by atoms with E-state index in [-0.39, 0.29) is 6.42 Å². The molecule has 0 spiro atoms. The molecule has 0 radical (unpaired) electrons. The lowest BCUT2D eigenvalue weighted by Gasteiger charge is -2.27. The van der Waals surface area contributed by atoms with Crippen LogP contribution in [0.15, 0.2) is 0 Å². The second-order valence-electron chi connectivity index (χ2n) is 4.90. The van der Waals surface area contributed by atoms with E-state index >= 15 is 0 Å². The number of carbonyl (C=O) groups is 1. The molecule has 0 N–H and O–H groups in total. The van der Waals surface area contributed by atoms with Gasteiger partial charge in [0.25, 0.3) is 0 Å². The van der Waals surface area contributed by atoms with Crippen LogP contribution in [0.2, 0.25) is 0 Å². The Morgan fingerprint density at radius 2 is 1.89 bits per heavy atom. The standard InChI is InChI=1S/C12H20F3NO3/c1-9(2)11(12(13,14)15)19-10(17)3-4-16-5-7-18-8-6-16/h9,11H,3-8H2,1-2H3. The third-order valence-corrected chi connectivity index (χ3v) is 2.92. The van der Waals surface area contributed by atoms with Crippen LogP contribution < -0.4 is 0 Å². The minimum atomic E-state index is -4.51. The first kappa shape index (κ1) is 16.2. The second kappa shape index (κ2) is 7.09. The monoisotopic (exact) mass is 283 g/mol. The van der Waals surface area contributed by atoms with Gasteiger partial charge >= 0.3 is 12.1 Å². The predicted molar refractivity (Wildman–Crippen MR) is 62.6 cm³/mol. The summed E-state index contributed by atoms with van der Waals surface area (Å²) in [5.41, 5.74) is 0. The van der Waals surface area contributed by atoms with E-state index in [1.165, 1.54) is 13.8 Å². The van der Waals surface area contributed by atoms with Crippen molar-refractivity contribution in [2.24, 2.45) is 5.92 Å². The van der Waals surface area contributed by atoms with Gasteiger partial charge in [-0.25, -0.2) is 0 Å². The number of rotatable bonds is 5. The van der Waals surface area contributed by atoms with Gasteiger partial charge in [0, 0.05) is 19.6 Å². The Kier molecular flexibility index (Phi) is 6.06. The number of hydrogen-bond acceptors (Lipinski definition) is 4. The van der Waals surface area contributed by atoms with Crippen LogP contribution in [-0.2, 0) is 14.3 Å². The van der Waals surface area contributed by atoms with Crippen molar-refractivity contribution < 1.29 is 27.4 Å². The summed E-state index contributed by atoms with van der Waals surface area (Å²) in [6.07, 6.45) is -6.56. The second-order valence-corrected chi connectivity index (χ2v) is 4.90. The van der Waals surface area contributed by atoms with Crippen LogP contribution in [0.25, 0.3) is 0 Å². The number of carbonyl (C=O) groups excluding carboxylic acids is 1. The van der Waals surface area contributed by atoms with Crippen LogP contribution in [0.1, 0.15) is 20.3 Å². The molecule has 7 heteroatoms. The first-order valence-corrected chi connectivity index (χ1v) is 6.37. The first-order valence-electron chi connectivity index (χ1n) is 6.37. The van der Waals surface area contributed by atoms with Gasteiger partial charge in [-0.05, 0) is 5.92 Å². The zero-order chi connectivity index (χ0) is 14.5. The Morgan fingerprint density at radius 3 is 2.37 bits per heavy atom. The molecule has 1 atom stereocenters. The number of nitrogens with zero attached hydrogens (tertiary/aromatic N) is 1.